The number of methoxy groups -OCH3 is 1. The third kappa shape index (κ3) is 3.80. The lowest BCUT2D eigenvalue weighted by Gasteiger charge is -2.49. The van der Waals surface area contributed by atoms with Crippen LogP contribution < -0.4 is 15.0 Å². The number of aromatic nitrogens is 2. The van der Waals surface area contributed by atoms with E-state index in [1.807, 2.05) is 6.20 Å². The van der Waals surface area contributed by atoms with Gasteiger partial charge in [-0.25, -0.2) is 9.97 Å². The fraction of sp³-hybridized carbons (Fsp3) is 0.600. The Morgan fingerprint density at radius 2 is 1.84 bits per heavy atom. The van der Waals surface area contributed by atoms with Gasteiger partial charge >= 0.3 is 0 Å². The molecule has 1 aromatic carbocycles. The monoisotopic (exact) mass is 421 g/mol. The summed E-state index contributed by atoms with van der Waals surface area (Å²) in [6.45, 7) is 3.21. The lowest BCUT2D eigenvalue weighted by atomic mass is 9.68. The van der Waals surface area contributed by atoms with Crippen LogP contribution in [0.4, 0.5) is 5.82 Å². The van der Waals surface area contributed by atoms with E-state index >= 15 is 0 Å². The molecule has 6 heteroatoms. The van der Waals surface area contributed by atoms with E-state index in [2.05, 4.69) is 62.5 Å². The van der Waals surface area contributed by atoms with Crippen LogP contribution in [-0.2, 0) is 5.54 Å². The fourth-order valence-electron chi connectivity index (χ4n) is 5.89. The first-order valence-corrected chi connectivity index (χ1v) is 11.8. The molecule has 2 aliphatic carbocycles. The van der Waals surface area contributed by atoms with Gasteiger partial charge in [0.1, 0.15) is 5.82 Å². The van der Waals surface area contributed by atoms with Crippen molar-refractivity contribution in [1.82, 2.24) is 20.2 Å². The second-order valence-corrected chi connectivity index (χ2v) is 9.70. The molecule has 1 spiro atoms. The van der Waals surface area contributed by atoms with E-state index in [0.717, 1.165) is 37.8 Å². The number of nitrogens with one attached hydrogen (secondary N) is 1. The highest BCUT2D eigenvalue weighted by Gasteiger charge is 2.51. The first kappa shape index (κ1) is 20.7. The van der Waals surface area contributed by atoms with Crippen LogP contribution in [-0.4, -0.2) is 54.3 Å². The SMILES string of the molecule is CNC1(c2ccccc2)CCC2(CC1)CN(c1cnc(OC)cn1)CN2CC1CCC1. The van der Waals surface area contributed by atoms with E-state index in [-0.39, 0.29) is 11.1 Å². The summed E-state index contributed by atoms with van der Waals surface area (Å²) in [4.78, 5) is 14.3. The van der Waals surface area contributed by atoms with Gasteiger partial charge in [0.2, 0.25) is 5.88 Å². The summed E-state index contributed by atoms with van der Waals surface area (Å²) >= 11 is 0. The quantitative estimate of drug-likeness (QED) is 0.766. The first-order valence-electron chi connectivity index (χ1n) is 11.8. The fourth-order valence-corrected chi connectivity index (χ4v) is 5.89. The number of ether oxygens (including phenoxy) is 1. The minimum atomic E-state index is 0.0853. The standard InChI is InChI=1S/C25H35N5O/c1-26-25(21-9-4-3-5-10-21)13-11-24(12-14-25)18-29(19-30(24)17-20-7-6-8-20)22-15-28-23(31-2)16-27-22/h3-5,9-10,15-16,20,26H,6-8,11-14,17-19H2,1-2H3. The lowest BCUT2D eigenvalue weighted by Crippen LogP contribution is -2.55. The minimum Gasteiger partial charge on any atom is -0.480 e. The maximum Gasteiger partial charge on any atom is 0.232 e. The van der Waals surface area contributed by atoms with Crippen LogP contribution in [0.25, 0.3) is 0 Å². The van der Waals surface area contributed by atoms with Gasteiger partial charge in [0, 0.05) is 24.2 Å². The van der Waals surface area contributed by atoms with Crippen molar-refractivity contribution in [3.63, 3.8) is 0 Å². The molecule has 31 heavy (non-hydrogen) atoms. The molecule has 1 saturated heterocycles. The molecule has 166 valence electrons. The number of anilines is 1. The van der Waals surface area contributed by atoms with Crippen molar-refractivity contribution in [2.45, 2.75) is 56.0 Å². The average molecular weight is 422 g/mol. The molecular weight excluding hydrogens is 386 g/mol. The van der Waals surface area contributed by atoms with Crippen LogP contribution in [0.1, 0.15) is 50.5 Å². The van der Waals surface area contributed by atoms with E-state index in [9.17, 15) is 0 Å². The molecule has 3 aliphatic rings. The topological polar surface area (TPSA) is 53.5 Å². The predicted molar refractivity (Wildman–Crippen MR) is 123 cm³/mol. The van der Waals surface area contributed by atoms with Crippen LogP contribution in [0.3, 0.4) is 0 Å². The van der Waals surface area contributed by atoms with Crippen LogP contribution in [0.2, 0.25) is 0 Å². The summed E-state index contributed by atoms with van der Waals surface area (Å²) < 4.78 is 5.21. The Kier molecular flexibility index (Phi) is 5.61. The normalized spacial score (nSPS) is 29.3. The Morgan fingerprint density at radius 1 is 1.06 bits per heavy atom. The summed E-state index contributed by atoms with van der Waals surface area (Å²) in [6, 6.07) is 11.0. The highest BCUT2D eigenvalue weighted by molar-refractivity contribution is 5.40. The van der Waals surface area contributed by atoms with E-state index < -0.39 is 0 Å². The second-order valence-electron chi connectivity index (χ2n) is 9.70. The van der Waals surface area contributed by atoms with Crippen molar-refractivity contribution in [3.05, 3.63) is 48.3 Å². The number of hydrogen-bond acceptors (Lipinski definition) is 6. The molecule has 5 rings (SSSR count). The maximum atomic E-state index is 5.21. The summed E-state index contributed by atoms with van der Waals surface area (Å²) in [5.74, 6) is 2.40. The van der Waals surface area contributed by atoms with E-state index in [0.29, 0.717) is 5.88 Å². The van der Waals surface area contributed by atoms with Gasteiger partial charge in [0.25, 0.3) is 0 Å². The molecule has 1 aromatic heterocycles. The maximum absolute atomic E-state index is 5.21. The second kappa shape index (κ2) is 8.40. The molecule has 0 radical (unpaired) electrons. The summed E-state index contributed by atoms with van der Waals surface area (Å²) in [5, 5.41) is 3.71. The van der Waals surface area contributed by atoms with E-state index in [4.69, 9.17) is 4.74 Å². The van der Waals surface area contributed by atoms with Crippen molar-refractivity contribution >= 4 is 5.82 Å². The number of nitrogens with zero attached hydrogens (tertiary/aromatic N) is 4. The smallest absolute Gasteiger partial charge is 0.232 e. The van der Waals surface area contributed by atoms with Crippen LogP contribution in [0.15, 0.2) is 42.7 Å². The molecule has 2 saturated carbocycles. The molecule has 6 nitrogen and oxygen atoms in total. The highest BCUT2D eigenvalue weighted by Crippen LogP contribution is 2.47. The van der Waals surface area contributed by atoms with Gasteiger partial charge in [-0.05, 0) is 57.1 Å². The highest BCUT2D eigenvalue weighted by atomic mass is 16.5. The zero-order valence-electron chi connectivity index (χ0n) is 18.9. The largest absolute Gasteiger partial charge is 0.480 e. The Hall–Kier alpha value is -2.18. The molecule has 1 N–H and O–H groups in total. The number of hydrogen-bond donors (Lipinski definition) is 1. The summed E-state index contributed by atoms with van der Waals surface area (Å²) in [6.07, 6.45) is 12.5. The first-order chi connectivity index (χ1) is 15.2. The van der Waals surface area contributed by atoms with Crippen LogP contribution in [0, 0.1) is 5.92 Å². The molecule has 1 aliphatic heterocycles. The predicted octanol–water partition coefficient (Wildman–Crippen LogP) is 3.79. The zero-order chi connectivity index (χ0) is 21.3. The Labute approximate surface area is 186 Å². The Bertz CT molecular complexity index is 859. The molecule has 2 aromatic rings. The van der Waals surface area contributed by atoms with Gasteiger partial charge < -0.3 is 15.0 Å². The van der Waals surface area contributed by atoms with Gasteiger partial charge in [0.15, 0.2) is 0 Å². The van der Waals surface area contributed by atoms with Crippen LogP contribution >= 0.6 is 0 Å². The molecule has 3 fully saturated rings. The molecule has 0 atom stereocenters. The zero-order valence-corrected chi connectivity index (χ0v) is 18.9. The van der Waals surface area contributed by atoms with Crippen molar-refractivity contribution in [1.29, 1.82) is 0 Å². The van der Waals surface area contributed by atoms with Crippen molar-refractivity contribution in [2.24, 2.45) is 5.92 Å². The third-order valence-electron chi connectivity index (χ3n) is 8.19. The van der Waals surface area contributed by atoms with Crippen molar-refractivity contribution in [2.75, 3.05) is 38.8 Å². The van der Waals surface area contributed by atoms with Gasteiger partial charge in [-0.2, -0.15) is 0 Å². The van der Waals surface area contributed by atoms with Crippen molar-refractivity contribution < 1.29 is 4.74 Å². The Balaban J connectivity index is 1.37. The summed E-state index contributed by atoms with van der Waals surface area (Å²) in [7, 11) is 3.77. The minimum absolute atomic E-state index is 0.0853. The van der Waals surface area contributed by atoms with Crippen LogP contribution in [0.5, 0.6) is 5.88 Å². The molecule has 0 bridgehead atoms. The van der Waals surface area contributed by atoms with Crippen molar-refractivity contribution in [3.8, 4) is 5.88 Å². The molecular formula is C25H35N5O. The molecule has 2 heterocycles. The van der Waals surface area contributed by atoms with E-state index in [1.54, 1.807) is 13.3 Å². The average Bonchev–Trinajstić information content (AvgIpc) is 3.15. The van der Waals surface area contributed by atoms with Gasteiger partial charge in [-0.15, -0.1) is 0 Å². The molecule has 0 unspecified atom stereocenters. The Morgan fingerprint density at radius 3 is 2.42 bits per heavy atom. The van der Waals surface area contributed by atoms with Gasteiger partial charge in [-0.1, -0.05) is 36.8 Å². The van der Waals surface area contributed by atoms with Gasteiger partial charge in [0.05, 0.1) is 26.2 Å². The third-order valence-corrected chi connectivity index (χ3v) is 8.19. The number of benzene rings is 1. The number of rotatable bonds is 6. The summed E-state index contributed by atoms with van der Waals surface area (Å²) in [5.41, 5.74) is 1.74. The molecule has 0 amide bonds. The van der Waals surface area contributed by atoms with E-state index in [1.165, 1.54) is 44.2 Å². The lowest BCUT2D eigenvalue weighted by molar-refractivity contribution is 0.0410. The van der Waals surface area contributed by atoms with Gasteiger partial charge in [-0.3, -0.25) is 4.90 Å².